The van der Waals surface area contributed by atoms with E-state index in [2.05, 4.69) is 11.0 Å². The number of nitrogens with zero attached hydrogens (tertiary/aromatic N) is 2. The minimum atomic E-state index is -0.102. The first-order valence-corrected chi connectivity index (χ1v) is 6.77. The molecule has 2 aliphatic rings. The first kappa shape index (κ1) is 10.3. The standard InChI is InChI=1S/C11H18N2S/c12-9-11(5-8-14-10-11)13-6-3-1-2-4-7-13/h1-8,10H2. The Morgan fingerprint density at radius 2 is 1.86 bits per heavy atom. The molecule has 0 saturated carbocycles. The van der Waals surface area contributed by atoms with Gasteiger partial charge in [0.05, 0.1) is 6.07 Å². The van der Waals surface area contributed by atoms with Gasteiger partial charge in [-0.05, 0) is 38.1 Å². The molecule has 2 aliphatic heterocycles. The number of hydrogen-bond donors (Lipinski definition) is 0. The highest BCUT2D eigenvalue weighted by Crippen LogP contribution is 2.34. The molecule has 0 bridgehead atoms. The van der Waals surface area contributed by atoms with Crippen molar-refractivity contribution in [2.45, 2.75) is 37.6 Å². The molecule has 2 fully saturated rings. The van der Waals surface area contributed by atoms with Crippen LogP contribution in [0.1, 0.15) is 32.1 Å². The van der Waals surface area contributed by atoms with Crippen molar-refractivity contribution in [3.8, 4) is 6.07 Å². The molecule has 3 heteroatoms. The molecular formula is C11H18N2S. The van der Waals surface area contributed by atoms with Crippen LogP contribution in [0.15, 0.2) is 0 Å². The van der Waals surface area contributed by atoms with Crippen molar-refractivity contribution in [1.82, 2.24) is 4.90 Å². The van der Waals surface area contributed by atoms with Crippen molar-refractivity contribution < 1.29 is 0 Å². The van der Waals surface area contributed by atoms with Gasteiger partial charge in [-0.1, -0.05) is 12.8 Å². The molecule has 0 aromatic rings. The summed E-state index contributed by atoms with van der Waals surface area (Å²) >= 11 is 1.94. The van der Waals surface area contributed by atoms with Gasteiger partial charge in [-0.2, -0.15) is 17.0 Å². The first-order valence-electron chi connectivity index (χ1n) is 5.61. The smallest absolute Gasteiger partial charge is 0.119 e. The molecule has 0 radical (unpaired) electrons. The van der Waals surface area contributed by atoms with E-state index < -0.39 is 0 Å². The SMILES string of the molecule is N#CC1(N2CCCCCC2)CCSC1. The minimum Gasteiger partial charge on any atom is -0.285 e. The summed E-state index contributed by atoms with van der Waals surface area (Å²) in [6, 6.07) is 2.58. The Hall–Kier alpha value is -0.200. The molecular weight excluding hydrogens is 192 g/mol. The van der Waals surface area contributed by atoms with E-state index in [-0.39, 0.29) is 5.54 Å². The topological polar surface area (TPSA) is 27.0 Å². The highest BCUT2D eigenvalue weighted by molar-refractivity contribution is 7.99. The van der Waals surface area contributed by atoms with Gasteiger partial charge >= 0.3 is 0 Å². The number of likely N-dealkylation sites (tertiary alicyclic amines) is 1. The lowest BCUT2D eigenvalue weighted by atomic mass is 9.98. The highest BCUT2D eigenvalue weighted by Gasteiger charge is 2.40. The van der Waals surface area contributed by atoms with E-state index in [1.165, 1.54) is 31.4 Å². The quantitative estimate of drug-likeness (QED) is 0.664. The third-order valence-corrected chi connectivity index (χ3v) is 4.59. The zero-order valence-corrected chi connectivity index (χ0v) is 9.48. The third-order valence-electron chi connectivity index (χ3n) is 3.42. The fraction of sp³-hybridized carbons (Fsp3) is 0.909. The van der Waals surface area contributed by atoms with Gasteiger partial charge < -0.3 is 0 Å². The molecule has 78 valence electrons. The van der Waals surface area contributed by atoms with E-state index in [9.17, 15) is 5.26 Å². The molecule has 0 aliphatic carbocycles. The van der Waals surface area contributed by atoms with Gasteiger partial charge in [0.15, 0.2) is 0 Å². The molecule has 2 heterocycles. The van der Waals surface area contributed by atoms with Crippen LogP contribution >= 0.6 is 11.8 Å². The summed E-state index contributed by atoms with van der Waals surface area (Å²) in [5.74, 6) is 2.20. The molecule has 14 heavy (non-hydrogen) atoms. The monoisotopic (exact) mass is 210 g/mol. The Morgan fingerprint density at radius 1 is 1.14 bits per heavy atom. The fourth-order valence-electron chi connectivity index (χ4n) is 2.46. The van der Waals surface area contributed by atoms with Crippen LogP contribution in [0, 0.1) is 11.3 Å². The van der Waals surface area contributed by atoms with Gasteiger partial charge in [0.25, 0.3) is 0 Å². The minimum absolute atomic E-state index is 0.102. The van der Waals surface area contributed by atoms with Crippen molar-refractivity contribution >= 4 is 11.8 Å². The van der Waals surface area contributed by atoms with Crippen LogP contribution in [0.25, 0.3) is 0 Å². The Balaban J connectivity index is 2.06. The van der Waals surface area contributed by atoms with Crippen LogP contribution < -0.4 is 0 Å². The van der Waals surface area contributed by atoms with Gasteiger partial charge in [0, 0.05) is 5.75 Å². The van der Waals surface area contributed by atoms with Gasteiger partial charge in [-0.15, -0.1) is 0 Å². The number of hydrogen-bond acceptors (Lipinski definition) is 3. The maximum absolute atomic E-state index is 9.36. The Bertz CT molecular complexity index is 220. The van der Waals surface area contributed by atoms with Crippen molar-refractivity contribution in [2.24, 2.45) is 0 Å². The second-order valence-electron chi connectivity index (χ2n) is 4.35. The van der Waals surface area contributed by atoms with Gasteiger partial charge in [0.2, 0.25) is 0 Å². The lowest BCUT2D eigenvalue weighted by Gasteiger charge is -2.34. The van der Waals surface area contributed by atoms with Crippen molar-refractivity contribution in [3.63, 3.8) is 0 Å². The summed E-state index contributed by atoms with van der Waals surface area (Å²) in [7, 11) is 0. The summed E-state index contributed by atoms with van der Waals surface area (Å²) in [4.78, 5) is 2.46. The second kappa shape index (κ2) is 4.55. The predicted molar refractivity (Wildman–Crippen MR) is 60.3 cm³/mol. The van der Waals surface area contributed by atoms with Crippen molar-refractivity contribution in [1.29, 1.82) is 5.26 Å². The van der Waals surface area contributed by atoms with E-state index in [0.717, 1.165) is 25.3 Å². The van der Waals surface area contributed by atoms with Gasteiger partial charge in [-0.25, -0.2) is 0 Å². The number of rotatable bonds is 1. The molecule has 2 saturated heterocycles. The summed E-state index contributed by atoms with van der Waals surface area (Å²) < 4.78 is 0. The number of nitriles is 1. The summed E-state index contributed by atoms with van der Waals surface area (Å²) in [5, 5.41) is 9.36. The van der Waals surface area contributed by atoms with Gasteiger partial charge in [0.1, 0.15) is 5.54 Å². The number of thioether (sulfide) groups is 1. The first-order chi connectivity index (χ1) is 6.87. The average molecular weight is 210 g/mol. The normalized spacial score (nSPS) is 35.1. The molecule has 2 rings (SSSR count). The molecule has 0 aromatic heterocycles. The molecule has 1 atom stereocenters. The molecule has 0 spiro atoms. The molecule has 1 unspecified atom stereocenters. The Kier molecular flexibility index (Phi) is 3.35. The van der Waals surface area contributed by atoms with E-state index in [1.807, 2.05) is 11.8 Å². The largest absolute Gasteiger partial charge is 0.285 e. The van der Waals surface area contributed by atoms with Crippen LogP contribution in [0.5, 0.6) is 0 Å². The second-order valence-corrected chi connectivity index (χ2v) is 5.45. The summed E-state index contributed by atoms with van der Waals surface area (Å²) in [6.45, 7) is 2.29. The Morgan fingerprint density at radius 3 is 2.36 bits per heavy atom. The molecule has 2 nitrogen and oxygen atoms in total. The lowest BCUT2D eigenvalue weighted by molar-refractivity contribution is 0.164. The third kappa shape index (κ3) is 1.92. The average Bonchev–Trinajstić information content (AvgIpc) is 2.54. The van der Waals surface area contributed by atoms with Crippen LogP contribution in [-0.4, -0.2) is 35.0 Å². The van der Waals surface area contributed by atoms with E-state index >= 15 is 0 Å². The summed E-state index contributed by atoms with van der Waals surface area (Å²) in [5.41, 5.74) is -0.102. The maximum atomic E-state index is 9.36. The molecule has 0 amide bonds. The van der Waals surface area contributed by atoms with Crippen molar-refractivity contribution in [2.75, 3.05) is 24.6 Å². The predicted octanol–water partition coefficient (Wildman–Crippen LogP) is 2.26. The van der Waals surface area contributed by atoms with Crippen LogP contribution in [0.4, 0.5) is 0 Å². The lowest BCUT2D eigenvalue weighted by Crippen LogP contribution is -2.48. The molecule has 0 N–H and O–H groups in total. The van der Waals surface area contributed by atoms with E-state index in [1.54, 1.807) is 0 Å². The molecule has 0 aromatic carbocycles. The Labute approximate surface area is 90.7 Å². The van der Waals surface area contributed by atoms with E-state index in [4.69, 9.17) is 0 Å². The van der Waals surface area contributed by atoms with Crippen molar-refractivity contribution in [3.05, 3.63) is 0 Å². The van der Waals surface area contributed by atoms with Crippen LogP contribution in [0.2, 0.25) is 0 Å². The zero-order chi connectivity index (χ0) is 9.86. The van der Waals surface area contributed by atoms with Crippen LogP contribution in [-0.2, 0) is 0 Å². The highest BCUT2D eigenvalue weighted by atomic mass is 32.2. The summed E-state index contributed by atoms with van der Waals surface area (Å²) in [6.07, 6.45) is 6.35. The van der Waals surface area contributed by atoms with Crippen LogP contribution in [0.3, 0.4) is 0 Å². The zero-order valence-electron chi connectivity index (χ0n) is 8.67. The maximum Gasteiger partial charge on any atom is 0.119 e. The van der Waals surface area contributed by atoms with E-state index in [0.29, 0.717) is 0 Å². The fourth-order valence-corrected chi connectivity index (χ4v) is 3.82. The van der Waals surface area contributed by atoms with Gasteiger partial charge in [-0.3, -0.25) is 4.90 Å².